The lowest BCUT2D eigenvalue weighted by atomic mass is 9.89. The van der Waals surface area contributed by atoms with Gasteiger partial charge in [-0.15, -0.1) is 0 Å². The first-order chi connectivity index (χ1) is 13.6. The van der Waals surface area contributed by atoms with Crippen molar-refractivity contribution in [3.05, 3.63) is 65.2 Å². The van der Waals surface area contributed by atoms with Crippen LogP contribution >= 0.6 is 0 Å². The van der Waals surface area contributed by atoms with E-state index in [1.807, 2.05) is 17.0 Å². The molecule has 4 rings (SSSR count). The van der Waals surface area contributed by atoms with Crippen LogP contribution in [-0.4, -0.2) is 48.5 Å². The van der Waals surface area contributed by atoms with E-state index in [-0.39, 0.29) is 6.04 Å². The molecule has 2 aliphatic heterocycles. The number of hydrogen-bond donors (Lipinski definition) is 0. The minimum atomic E-state index is 0.0715. The van der Waals surface area contributed by atoms with E-state index in [1.165, 1.54) is 16.7 Å². The molecule has 0 aromatic heterocycles. The number of hydrogen-bond acceptors (Lipinski definition) is 3. The lowest BCUT2D eigenvalue weighted by Crippen LogP contribution is -2.45. The Bertz CT molecular complexity index is 792. The summed E-state index contributed by atoms with van der Waals surface area (Å²) in [5.74, 6) is 1.80. The van der Waals surface area contributed by atoms with Crippen LogP contribution in [-0.2, 0) is 11.3 Å². The molecular weight excluding hydrogens is 348 g/mol. The zero-order valence-corrected chi connectivity index (χ0v) is 16.9. The Morgan fingerprint density at radius 2 is 1.61 bits per heavy atom. The number of methoxy groups -OCH3 is 1. The molecule has 0 aliphatic carbocycles. The standard InChI is InChI=1S/C24H30N2O2/c1-18-3-5-19(6-4-18)17-26-16-13-23(24(26)27)25-14-11-21(12-15-25)20-7-9-22(28-2)10-8-20/h3-10,21,23H,11-17H2,1-2H3. The molecule has 1 amide bonds. The Hall–Kier alpha value is -2.33. The molecule has 148 valence electrons. The summed E-state index contributed by atoms with van der Waals surface area (Å²) in [6, 6.07) is 17.0. The van der Waals surface area contributed by atoms with E-state index >= 15 is 0 Å². The molecule has 4 heteroatoms. The van der Waals surface area contributed by atoms with E-state index in [0.29, 0.717) is 11.8 Å². The highest BCUT2D eigenvalue weighted by atomic mass is 16.5. The van der Waals surface area contributed by atoms with Crippen molar-refractivity contribution in [2.24, 2.45) is 0 Å². The molecule has 0 spiro atoms. The van der Waals surface area contributed by atoms with Gasteiger partial charge in [-0.1, -0.05) is 42.0 Å². The summed E-state index contributed by atoms with van der Waals surface area (Å²) in [5.41, 5.74) is 3.87. The van der Waals surface area contributed by atoms with Gasteiger partial charge in [-0.2, -0.15) is 0 Å². The molecule has 0 radical (unpaired) electrons. The lowest BCUT2D eigenvalue weighted by Gasteiger charge is -2.35. The Labute approximate surface area is 168 Å². The van der Waals surface area contributed by atoms with E-state index in [4.69, 9.17) is 4.74 Å². The average Bonchev–Trinajstić information content (AvgIpc) is 3.10. The molecule has 2 aromatic rings. The first-order valence-electron chi connectivity index (χ1n) is 10.4. The van der Waals surface area contributed by atoms with E-state index in [2.05, 4.69) is 48.2 Å². The fourth-order valence-corrected chi connectivity index (χ4v) is 4.55. The summed E-state index contributed by atoms with van der Waals surface area (Å²) in [6.07, 6.45) is 3.19. The lowest BCUT2D eigenvalue weighted by molar-refractivity contribution is -0.133. The predicted molar refractivity (Wildman–Crippen MR) is 112 cm³/mol. The summed E-state index contributed by atoms with van der Waals surface area (Å²) in [5, 5.41) is 0. The van der Waals surface area contributed by atoms with Crippen LogP contribution < -0.4 is 4.74 Å². The minimum Gasteiger partial charge on any atom is -0.497 e. The third-order valence-electron chi connectivity index (χ3n) is 6.32. The summed E-state index contributed by atoms with van der Waals surface area (Å²) >= 11 is 0. The zero-order valence-electron chi connectivity index (χ0n) is 16.9. The predicted octanol–water partition coefficient (Wildman–Crippen LogP) is 3.98. The highest BCUT2D eigenvalue weighted by molar-refractivity contribution is 5.84. The SMILES string of the molecule is COc1ccc(C2CCN(C3CCN(Cc4ccc(C)cc4)C3=O)CC2)cc1. The first kappa shape index (κ1) is 19.0. The fourth-order valence-electron chi connectivity index (χ4n) is 4.55. The van der Waals surface area contributed by atoms with Gasteiger partial charge in [0.2, 0.25) is 5.91 Å². The summed E-state index contributed by atoms with van der Waals surface area (Å²) in [7, 11) is 1.70. The number of benzene rings is 2. The maximum Gasteiger partial charge on any atom is 0.240 e. The van der Waals surface area contributed by atoms with Crippen molar-refractivity contribution >= 4 is 5.91 Å². The van der Waals surface area contributed by atoms with E-state index in [0.717, 1.165) is 51.2 Å². The number of carbonyl (C=O) groups excluding carboxylic acids is 1. The van der Waals surface area contributed by atoms with Crippen molar-refractivity contribution in [3.63, 3.8) is 0 Å². The Kier molecular flexibility index (Phi) is 5.67. The molecular formula is C24H30N2O2. The van der Waals surface area contributed by atoms with Gasteiger partial charge in [0.25, 0.3) is 0 Å². The molecule has 1 unspecified atom stereocenters. The van der Waals surface area contributed by atoms with Crippen molar-refractivity contribution in [1.82, 2.24) is 9.80 Å². The van der Waals surface area contributed by atoms with Crippen LogP contribution in [0.4, 0.5) is 0 Å². The number of likely N-dealkylation sites (tertiary alicyclic amines) is 2. The van der Waals surface area contributed by atoms with Gasteiger partial charge in [0.1, 0.15) is 5.75 Å². The quantitative estimate of drug-likeness (QED) is 0.789. The van der Waals surface area contributed by atoms with Gasteiger partial charge >= 0.3 is 0 Å². The smallest absolute Gasteiger partial charge is 0.240 e. The van der Waals surface area contributed by atoms with Crippen LogP contribution in [0, 0.1) is 6.92 Å². The monoisotopic (exact) mass is 378 g/mol. The van der Waals surface area contributed by atoms with Gasteiger partial charge in [0.15, 0.2) is 0 Å². The molecule has 0 N–H and O–H groups in total. The van der Waals surface area contributed by atoms with Gasteiger partial charge in [-0.3, -0.25) is 9.69 Å². The van der Waals surface area contributed by atoms with E-state index < -0.39 is 0 Å². The number of rotatable bonds is 5. The summed E-state index contributed by atoms with van der Waals surface area (Å²) < 4.78 is 5.26. The molecule has 1 atom stereocenters. The molecule has 2 fully saturated rings. The first-order valence-corrected chi connectivity index (χ1v) is 10.4. The molecule has 2 aliphatic rings. The van der Waals surface area contributed by atoms with Gasteiger partial charge in [-0.25, -0.2) is 0 Å². The van der Waals surface area contributed by atoms with Crippen LogP contribution in [0.5, 0.6) is 5.75 Å². The average molecular weight is 379 g/mol. The maximum atomic E-state index is 13.0. The number of nitrogens with zero attached hydrogens (tertiary/aromatic N) is 2. The van der Waals surface area contributed by atoms with Gasteiger partial charge in [0, 0.05) is 13.1 Å². The maximum absolute atomic E-state index is 13.0. The van der Waals surface area contributed by atoms with Crippen LogP contribution in [0.2, 0.25) is 0 Å². The zero-order chi connectivity index (χ0) is 19.5. The van der Waals surface area contributed by atoms with Crippen molar-refractivity contribution in [2.75, 3.05) is 26.7 Å². The third kappa shape index (κ3) is 4.07. The van der Waals surface area contributed by atoms with Gasteiger partial charge in [-0.05, 0) is 68.5 Å². The minimum absolute atomic E-state index is 0.0715. The van der Waals surface area contributed by atoms with E-state index in [9.17, 15) is 4.79 Å². The third-order valence-corrected chi connectivity index (χ3v) is 6.32. The molecule has 0 saturated carbocycles. The highest BCUT2D eigenvalue weighted by Gasteiger charge is 2.37. The van der Waals surface area contributed by atoms with Gasteiger partial charge in [0.05, 0.1) is 13.2 Å². The number of carbonyl (C=O) groups is 1. The van der Waals surface area contributed by atoms with Crippen molar-refractivity contribution in [2.45, 2.75) is 44.7 Å². The van der Waals surface area contributed by atoms with Gasteiger partial charge < -0.3 is 9.64 Å². The number of piperidine rings is 1. The number of aryl methyl sites for hydroxylation is 1. The Balaban J connectivity index is 1.32. The highest BCUT2D eigenvalue weighted by Crippen LogP contribution is 2.31. The molecule has 2 saturated heterocycles. The summed E-state index contributed by atoms with van der Waals surface area (Å²) in [6.45, 7) is 5.71. The normalized spacial score (nSPS) is 21.3. The van der Waals surface area contributed by atoms with Crippen LogP contribution in [0.25, 0.3) is 0 Å². The van der Waals surface area contributed by atoms with Crippen molar-refractivity contribution in [3.8, 4) is 5.75 Å². The second kappa shape index (κ2) is 8.36. The Morgan fingerprint density at radius 3 is 2.25 bits per heavy atom. The van der Waals surface area contributed by atoms with Crippen LogP contribution in [0.1, 0.15) is 41.9 Å². The molecule has 28 heavy (non-hydrogen) atoms. The largest absolute Gasteiger partial charge is 0.497 e. The molecule has 2 aromatic carbocycles. The van der Waals surface area contributed by atoms with Crippen LogP contribution in [0.15, 0.2) is 48.5 Å². The van der Waals surface area contributed by atoms with Crippen LogP contribution in [0.3, 0.4) is 0 Å². The molecule has 0 bridgehead atoms. The number of ether oxygens (including phenoxy) is 1. The molecule has 4 nitrogen and oxygen atoms in total. The van der Waals surface area contributed by atoms with E-state index in [1.54, 1.807) is 7.11 Å². The fraction of sp³-hybridized carbons (Fsp3) is 0.458. The van der Waals surface area contributed by atoms with Crippen molar-refractivity contribution < 1.29 is 9.53 Å². The van der Waals surface area contributed by atoms with Crippen molar-refractivity contribution in [1.29, 1.82) is 0 Å². The molecule has 2 heterocycles. The topological polar surface area (TPSA) is 32.8 Å². The Morgan fingerprint density at radius 1 is 0.929 bits per heavy atom. The number of amides is 1. The second-order valence-corrected chi connectivity index (χ2v) is 8.13. The summed E-state index contributed by atoms with van der Waals surface area (Å²) in [4.78, 5) is 17.4. The second-order valence-electron chi connectivity index (χ2n) is 8.13.